The smallest absolute Gasteiger partial charge is 0.397 e. The number of nitro groups is 1. The molecule has 2 aromatic heterocycles. The molecule has 0 aliphatic heterocycles. The lowest BCUT2D eigenvalue weighted by molar-refractivity contribution is -0.401. The van der Waals surface area contributed by atoms with Gasteiger partial charge in [-0.05, 0) is 6.07 Å². The molecule has 0 radical (unpaired) electrons. The number of amides is 1. The second kappa shape index (κ2) is 5.24. The highest BCUT2D eigenvalue weighted by molar-refractivity contribution is 6.54. The van der Waals surface area contributed by atoms with E-state index in [9.17, 15) is 14.9 Å². The van der Waals surface area contributed by atoms with Crippen molar-refractivity contribution in [3.05, 3.63) is 22.2 Å². The molecule has 0 aromatic carbocycles. The van der Waals surface area contributed by atoms with Crippen LogP contribution in [0.3, 0.4) is 0 Å². The first kappa shape index (κ1) is 13.3. The summed E-state index contributed by atoms with van der Waals surface area (Å²) in [6, 6.07) is 2.51. The zero-order valence-electron chi connectivity index (χ0n) is 8.96. The van der Waals surface area contributed by atoms with Gasteiger partial charge in [-0.15, -0.1) is 5.10 Å². The van der Waals surface area contributed by atoms with Crippen LogP contribution in [-0.4, -0.2) is 30.8 Å². The van der Waals surface area contributed by atoms with Gasteiger partial charge in [0, 0.05) is 0 Å². The van der Waals surface area contributed by atoms with Crippen LogP contribution in [0.1, 0.15) is 0 Å². The van der Waals surface area contributed by atoms with Crippen LogP contribution < -0.4 is 5.32 Å². The Balaban J connectivity index is 2.16. The predicted molar refractivity (Wildman–Crippen MR) is 64.9 cm³/mol. The Morgan fingerprint density at radius 1 is 1.53 bits per heavy atom. The predicted octanol–water partition coefficient (Wildman–Crippen LogP) is 1.72. The summed E-state index contributed by atoms with van der Waals surface area (Å²) in [6.45, 7) is 0. The lowest BCUT2D eigenvalue weighted by Crippen LogP contribution is -2.19. The van der Waals surface area contributed by atoms with Crippen molar-refractivity contribution in [2.75, 3.05) is 5.32 Å². The molecule has 9 nitrogen and oxygen atoms in total. The van der Waals surface area contributed by atoms with E-state index < -0.39 is 21.6 Å². The molecule has 2 N–H and O–H groups in total. The van der Waals surface area contributed by atoms with Crippen LogP contribution in [0.15, 0.2) is 16.5 Å². The van der Waals surface area contributed by atoms with Gasteiger partial charge in [0.05, 0.1) is 6.07 Å². The summed E-state index contributed by atoms with van der Waals surface area (Å²) in [4.78, 5) is 23.5. The quantitative estimate of drug-likeness (QED) is 0.503. The molecule has 0 aliphatic rings. The Bertz CT molecular complexity index is 622. The van der Waals surface area contributed by atoms with Crippen LogP contribution in [0.5, 0.6) is 0 Å². The average Bonchev–Trinajstić information content (AvgIpc) is 2.95. The van der Waals surface area contributed by atoms with Crippen molar-refractivity contribution in [2.45, 2.75) is 4.84 Å². The summed E-state index contributed by atoms with van der Waals surface area (Å²) in [7, 11) is 0. The molecule has 19 heavy (non-hydrogen) atoms. The molecule has 0 aliphatic carbocycles. The van der Waals surface area contributed by atoms with Crippen molar-refractivity contribution in [2.24, 2.45) is 0 Å². The van der Waals surface area contributed by atoms with Gasteiger partial charge in [-0.3, -0.25) is 25.3 Å². The third-order valence-electron chi connectivity index (χ3n) is 1.92. The molecule has 0 bridgehead atoms. The number of aromatic nitrogens is 3. The van der Waals surface area contributed by atoms with Crippen LogP contribution in [0, 0.1) is 10.1 Å². The number of halogens is 2. The fourth-order valence-corrected chi connectivity index (χ4v) is 1.25. The molecule has 1 amide bonds. The van der Waals surface area contributed by atoms with Crippen LogP contribution >= 0.6 is 23.2 Å². The number of carbonyl (C=O) groups is 1. The number of aromatic amines is 1. The van der Waals surface area contributed by atoms with Gasteiger partial charge >= 0.3 is 5.88 Å². The van der Waals surface area contributed by atoms with Crippen molar-refractivity contribution in [1.82, 2.24) is 15.2 Å². The van der Waals surface area contributed by atoms with E-state index in [0.29, 0.717) is 0 Å². The van der Waals surface area contributed by atoms with E-state index in [1.54, 1.807) is 0 Å². The van der Waals surface area contributed by atoms with Crippen LogP contribution in [0.25, 0.3) is 11.6 Å². The van der Waals surface area contributed by atoms with E-state index in [2.05, 4.69) is 20.5 Å². The van der Waals surface area contributed by atoms with Gasteiger partial charge in [-0.2, -0.15) is 4.98 Å². The van der Waals surface area contributed by atoms with Gasteiger partial charge in [0.2, 0.25) is 5.95 Å². The van der Waals surface area contributed by atoms with Crippen molar-refractivity contribution < 1.29 is 14.1 Å². The lowest BCUT2D eigenvalue weighted by atomic mass is 10.4. The molecule has 11 heteroatoms. The number of H-pyrrole nitrogens is 1. The summed E-state index contributed by atoms with van der Waals surface area (Å²) in [5.74, 6) is -0.986. The largest absolute Gasteiger partial charge is 0.433 e. The molecule has 0 saturated carbocycles. The number of alkyl halides is 2. The second-order valence-electron chi connectivity index (χ2n) is 3.19. The number of nitrogens with zero attached hydrogens (tertiary/aromatic N) is 3. The van der Waals surface area contributed by atoms with Gasteiger partial charge in [0.15, 0.2) is 16.4 Å². The Morgan fingerprint density at radius 3 is 2.84 bits per heavy atom. The minimum Gasteiger partial charge on any atom is -0.397 e. The third kappa shape index (κ3) is 3.01. The number of carbonyl (C=O) groups excluding carboxylic acids is 1. The molecule has 2 aromatic rings. The monoisotopic (exact) mass is 305 g/mol. The third-order valence-corrected chi connectivity index (χ3v) is 2.32. The van der Waals surface area contributed by atoms with Crippen LogP contribution in [-0.2, 0) is 4.79 Å². The topological polar surface area (TPSA) is 127 Å². The molecule has 2 heterocycles. The maximum atomic E-state index is 11.2. The Labute approximate surface area is 115 Å². The minimum absolute atomic E-state index is 0.0784. The summed E-state index contributed by atoms with van der Waals surface area (Å²) in [5.41, 5.74) is 0. The van der Waals surface area contributed by atoms with Gasteiger partial charge in [-0.25, -0.2) is 0 Å². The fourth-order valence-electron chi connectivity index (χ4n) is 1.15. The molecule has 0 saturated heterocycles. The summed E-state index contributed by atoms with van der Waals surface area (Å²) >= 11 is 10.7. The SMILES string of the molecule is O=C(Nc1n[nH]c(-c2ccc([N+](=O)[O-])o2)n1)C(Cl)Cl. The molecule has 0 fully saturated rings. The lowest BCUT2D eigenvalue weighted by Gasteiger charge is -1.98. The van der Waals surface area contributed by atoms with Crippen molar-refractivity contribution in [3.63, 3.8) is 0 Å². The Kier molecular flexibility index (Phi) is 3.67. The van der Waals surface area contributed by atoms with Gasteiger partial charge < -0.3 is 4.42 Å². The average molecular weight is 306 g/mol. The standard InChI is InChI=1S/C8H5Cl2N5O4/c9-5(10)7(16)12-8-11-6(13-14-8)3-1-2-4(19-3)15(17)18/h1-2,5H,(H2,11,12,13,14,16). The number of hydrogen-bond donors (Lipinski definition) is 2. The van der Waals surface area contributed by atoms with E-state index in [4.69, 9.17) is 27.6 Å². The summed E-state index contributed by atoms with van der Waals surface area (Å²) in [5, 5.41) is 18.8. The number of furan rings is 1. The van der Waals surface area contributed by atoms with Gasteiger partial charge in [-0.1, -0.05) is 23.2 Å². The normalized spacial score (nSPS) is 10.7. The minimum atomic E-state index is -1.26. The molecule has 0 atom stereocenters. The van der Waals surface area contributed by atoms with E-state index >= 15 is 0 Å². The fraction of sp³-hybridized carbons (Fsp3) is 0.125. The summed E-state index contributed by atoms with van der Waals surface area (Å²) in [6.07, 6.45) is 0. The number of hydrogen-bond acceptors (Lipinski definition) is 6. The summed E-state index contributed by atoms with van der Waals surface area (Å²) < 4.78 is 4.90. The van der Waals surface area contributed by atoms with E-state index in [1.165, 1.54) is 12.1 Å². The zero-order valence-corrected chi connectivity index (χ0v) is 10.5. The highest BCUT2D eigenvalue weighted by atomic mass is 35.5. The zero-order chi connectivity index (χ0) is 14.0. The van der Waals surface area contributed by atoms with E-state index in [1.807, 2.05) is 0 Å². The molecule has 0 spiro atoms. The van der Waals surface area contributed by atoms with Crippen molar-refractivity contribution in [3.8, 4) is 11.6 Å². The molecule has 100 valence electrons. The van der Waals surface area contributed by atoms with Crippen molar-refractivity contribution in [1.29, 1.82) is 0 Å². The molecule has 0 unspecified atom stereocenters. The first-order chi connectivity index (χ1) is 8.97. The van der Waals surface area contributed by atoms with Crippen LogP contribution in [0.2, 0.25) is 0 Å². The van der Waals surface area contributed by atoms with Gasteiger partial charge in [0.25, 0.3) is 5.91 Å². The molecule has 2 rings (SSSR count). The number of anilines is 1. The maximum absolute atomic E-state index is 11.2. The second-order valence-corrected chi connectivity index (χ2v) is 4.29. The highest BCUT2D eigenvalue weighted by Crippen LogP contribution is 2.23. The first-order valence-electron chi connectivity index (χ1n) is 4.73. The maximum Gasteiger partial charge on any atom is 0.433 e. The van der Waals surface area contributed by atoms with Crippen molar-refractivity contribution >= 4 is 40.9 Å². The Morgan fingerprint density at radius 2 is 2.26 bits per heavy atom. The van der Waals surface area contributed by atoms with Crippen LogP contribution in [0.4, 0.5) is 11.8 Å². The Hall–Kier alpha value is -2.13. The van der Waals surface area contributed by atoms with E-state index in [0.717, 1.165) is 0 Å². The molecular weight excluding hydrogens is 301 g/mol. The van der Waals surface area contributed by atoms with Gasteiger partial charge in [0.1, 0.15) is 4.92 Å². The number of rotatable bonds is 4. The van der Waals surface area contributed by atoms with E-state index in [-0.39, 0.29) is 17.5 Å². The first-order valence-corrected chi connectivity index (χ1v) is 5.60. The number of nitrogens with one attached hydrogen (secondary N) is 2. The highest BCUT2D eigenvalue weighted by Gasteiger charge is 2.18. The molecular formula is C8H5Cl2N5O4.